The topological polar surface area (TPSA) is 59.9 Å². The molecule has 0 amide bonds. The van der Waals surface area contributed by atoms with Gasteiger partial charge in [0, 0.05) is 34.6 Å². The number of hydrogen-bond donors (Lipinski definition) is 1. The van der Waals surface area contributed by atoms with Crippen LogP contribution in [0.15, 0.2) is 48.8 Å². The predicted molar refractivity (Wildman–Crippen MR) is 83.7 cm³/mol. The van der Waals surface area contributed by atoms with Crippen LogP contribution in [0.1, 0.15) is 11.4 Å². The summed E-state index contributed by atoms with van der Waals surface area (Å²) < 4.78 is 21.5. The third-order valence-electron chi connectivity index (χ3n) is 3.39. The fourth-order valence-corrected chi connectivity index (χ4v) is 2.88. The molecule has 0 bridgehead atoms. The van der Waals surface area contributed by atoms with E-state index in [9.17, 15) is 8.42 Å². The summed E-state index contributed by atoms with van der Waals surface area (Å²) in [6.07, 6.45) is 3.57. The Hall–Kier alpha value is -2.27. The lowest BCUT2D eigenvalue weighted by molar-refractivity contribution is 0.613. The smallest absolute Gasteiger partial charge is 0.145 e. The van der Waals surface area contributed by atoms with Gasteiger partial charge in [-0.3, -0.25) is 9.97 Å². The molecule has 0 saturated heterocycles. The standard InChI is InChI=1S/C16H14N2O2S/c1-11-16(15-5-3-2-4-12(15)8-17-11)13-6-7-14(18-9-13)10-21(19)20/h2-9,21H,10H2,1H3. The summed E-state index contributed by atoms with van der Waals surface area (Å²) >= 11 is 0. The molecule has 0 fully saturated rings. The highest BCUT2D eigenvalue weighted by Gasteiger charge is 2.09. The number of pyridine rings is 2. The molecule has 0 spiro atoms. The summed E-state index contributed by atoms with van der Waals surface area (Å²) in [5.74, 6) is -0.0254. The van der Waals surface area contributed by atoms with Crippen molar-refractivity contribution in [2.24, 2.45) is 0 Å². The normalized spacial score (nSPS) is 11.1. The first-order chi connectivity index (χ1) is 10.1. The number of nitrogens with zero attached hydrogens (tertiary/aromatic N) is 2. The maximum atomic E-state index is 10.7. The van der Waals surface area contributed by atoms with Gasteiger partial charge in [0.05, 0.1) is 11.4 Å². The van der Waals surface area contributed by atoms with Crippen LogP contribution in [0.2, 0.25) is 0 Å². The highest BCUT2D eigenvalue weighted by molar-refractivity contribution is 7.71. The molecule has 21 heavy (non-hydrogen) atoms. The van der Waals surface area contributed by atoms with Gasteiger partial charge in [-0.1, -0.05) is 30.3 Å². The molecule has 0 saturated carbocycles. The quantitative estimate of drug-likeness (QED) is 0.755. The number of aromatic nitrogens is 2. The van der Waals surface area contributed by atoms with E-state index in [1.165, 1.54) is 0 Å². The van der Waals surface area contributed by atoms with Crippen molar-refractivity contribution >= 4 is 21.5 Å². The molecule has 5 heteroatoms. The lowest BCUT2D eigenvalue weighted by atomic mass is 9.99. The summed E-state index contributed by atoms with van der Waals surface area (Å²) in [7, 11) is -2.45. The number of fused-ring (bicyclic) bond motifs is 1. The van der Waals surface area contributed by atoms with Crippen molar-refractivity contribution in [3.8, 4) is 11.1 Å². The van der Waals surface area contributed by atoms with Gasteiger partial charge in [0.15, 0.2) is 0 Å². The summed E-state index contributed by atoms with van der Waals surface area (Å²) in [6.45, 7) is 1.96. The van der Waals surface area contributed by atoms with Gasteiger partial charge in [0.1, 0.15) is 10.7 Å². The Morgan fingerprint density at radius 3 is 2.52 bits per heavy atom. The lowest BCUT2D eigenvalue weighted by Gasteiger charge is -2.09. The second kappa shape index (κ2) is 5.61. The van der Waals surface area contributed by atoms with Crippen molar-refractivity contribution in [2.45, 2.75) is 12.7 Å². The van der Waals surface area contributed by atoms with E-state index in [-0.39, 0.29) is 5.75 Å². The molecule has 2 aromatic heterocycles. The van der Waals surface area contributed by atoms with Crippen molar-refractivity contribution in [2.75, 3.05) is 0 Å². The van der Waals surface area contributed by atoms with Gasteiger partial charge in [-0.2, -0.15) is 0 Å². The van der Waals surface area contributed by atoms with E-state index < -0.39 is 10.7 Å². The molecule has 0 radical (unpaired) electrons. The van der Waals surface area contributed by atoms with Crippen LogP contribution in [0.5, 0.6) is 0 Å². The molecule has 106 valence electrons. The summed E-state index contributed by atoms with van der Waals surface area (Å²) in [5.41, 5.74) is 3.47. The van der Waals surface area contributed by atoms with Crippen LogP contribution in [0.4, 0.5) is 0 Å². The molecule has 4 nitrogen and oxygen atoms in total. The van der Waals surface area contributed by atoms with Gasteiger partial charge in [-0.25, -0.2) is 8.42 Å². The summed E-state index contributed by atoms with van der Waals surface area (Å²) in [6, 6.07) is 11.7. The molecular formula is C16H14N2O2S. The molecule has 3 rings (SSSR count). The molecule has 0 aliphatic rings. The van der Waals surface area contributed by atoms with Crippen molar-refractivity contribution in [3.05, 3.63) is 60.2 Å². The SMILES string of the molecule is Cc1ncc2ccccc2c1-c1ccc(C[SH](=O)=O)nc1. The van der Waals surface area contributed by atoms with Gasteiger partial charge >= 0.3 is 0 Å². The van der Waals surface area contributed by atoms with Gasteiger partial charge in [-0.15, -0.1) is 0 Å². The Morgan fingerprint density at radius 1 is 1.00 bits per heavy atom. The first kappa shape index (κ1) is 13.7. The molecule has 0 unspecified atom stereocenters. The van der Waals surface area contributed by atoms with Gasteiger partial charge in [0.25, 0.3) is 0 Å². The number of thiol groups is 1. The second-order valence-electron chi connectivity index (χ2n) is 4.83. The zero-order valence-corrected chi connectivity index (χ0v) is 12.4. The van der Waals surface area contributed by atoms with E-state index in [1.54, 1.807) is 12.3 Å². The first-order valence-electron chi connectivity index (χ1n) is 6.56. The molecule has 0 atom stereocenters. The minimum Gasteiger partial charge on any atom is -0.260 e. The van der Waals surface area contributed by atoms with Gasteiger partial charge < -0.3 is 0 Å². The minimum atomic E-state index is -2.45. The largest absolute Gasteiger partial charge is 0.260 e. The van der Waals surface area contributed by atoms with Crippen LogP contribution in [-0.4, -0.2) is 18.4 Å². The fraction of sp³-hybridized carbons (Fsp3) is 0.125. The minimum absolute atomic E-state index is 0.0254. The summed E-state index contributed by atoms with van der Waals surface area (Å²) in [4.78, 5) is 8.66. The molecule has 2 heterocycles. The van der Waals surface area contributed by atoms with Gasteiger partial charge in [-0.05, 0) is 18.4 Å². The first-order valence-corrected chi connectivity index (χ1v) is 7.93. The van der Waals surface area contributed by atoms with E-state index >= 15 is 0 Å². The molecule has 3 aromatic rings. The van der Waals surface area contributed by atoms with E-state index in [0.717, 1.165) is 27.6 Å². The third-order valence-corrected chi connectivity index (χ3v) is 3.98. The van der Waals surface area contributed by atoms with Crippen LogP contribution in [0.3, 0.4) is 0 Å². The van der Waals surface area contributed by atoms with Crippen molar-refractivity contribution in [1.82, 2.24) is 9.97 Å². The maximum absolute atomic E-state index is 10.7. The predicted octanol–water partition coefficient (Wildman–Crippen LogP) is 2.72. The van der Waals surface area contributed by atoms with E-state index in [1.807, 2.05) is 37.4 Å². The fourth-order valence-electron chi connectivity index (χ4n) is 2.43. The molecule has 0 aliphatic heterocycles. The van der Waals surface area contributed by atoms with Crippen LogP contribution in [-0.2, 0) is 16.5 Å². The van der Waals surface area contributed by atoms with Crippen LogP contribution < -0.4 is 0 Å². The zero-order chi connectivity index (χ0) is 14.8. The number of rotatable bonds is 3. The van der Waals surface area contributed by atoms with Crippen LogP contribution >= 0.6 is 0 Å². The van der Waals surface area contributed by atoms with Crippen molar-refractivity contribution in [1.29, 1.82) is 0 Å². The monoisotopic (exact) mass is 298 g/mol. The second-order valence-corrected chi connectivity index (χ2v) is 5.82. The average molecular weight is 298 g/mol. The lowest BCUT2D eigenvalue weighted by Crippen LogP contribution is -1.94. The third kappa shape index (κ3) is 2.78. The van der Waals surface area contributed by atoms with Gasteiger partial charge in [0.2, 0.25) is 0 Å². The Kier molecular flexibility index (Phi) is 3.66. The number of hydrogen-bond acceptors (Lipinski definition) is 4. The maximum Gasteiger partial charge on any atom is 0.145 e. The Bertz CT molecular complexity index is 863. The van der Waals surface area contributed by atoms with Crippen molar-refractivity contribution < 1.29 is 8.42 Å². The zero-order valence-electron chi connectivity index (χ0n) is 11.5. The van der Waals surface area contributed by atoms with Crippen LogP contribution in [0, 0.1) is 6.92 Å². The van der Waals surface area contributed by atoms with E-state index in [2.05, 4.69) is 16.0 Å². The number of benzene rings is 1. The highest BCUT2D eigenvalue weighted by Crippen LogP contribution is 2.30. The van der Waals surface area contributed by atoms with Crippen LogP contribution in [0.25, 0.3) is 21.9 Å². The van der Waals surface area contributed by atoms with Crippen molar-refractivity contribution in [3.63, 3.8) is 0 Å². The van der Waals surface area contributed by atoms with E-state index in [4.69, 9.17) is 0 Å². The molecule has 0 aliphatic carbocycles. The molecular weight excluding hydrogens is 284 g/mol. The molecule has 0 N–H and O–H groups in total. The highest BCUT2D eigenvalue weighted by atomic mass is 32.2. The van der Waals surface area contributed by atoms with E-state index in [0.29, 0.717) is 5.69 Å². The Labute approximate surface area is 124 Å². The number of aryl methyl sites for hydroxylation is 1. The summed E-state index contributed by atoms with van der Waals surface area (Å²) in [5, 5.41) is 2.19. The Morgan fingerprint density at radius 2 is 1.81 bits per heavy atom. The molecule has 1 aromatic carbocycles. The average Bonchev–Trinajstić information content (AvgIpc) is 2.48. The Balaban J connectivity index is 2.14.